The normalized spacial score (nSPS) is 10.8. The van der Waals surface area contributed by atoms with Crippen molar-refractivity contribution in [2.75, 3.05) is 6.61 Å². The fraction of sp³-hybridized carbons (Fsp3) is 0.467. The van der Waals surface area contributed by atoms with E-state index in [9.17, 15) is 14.4 Å². The summed E-state index contributed by atoms with van der Waals surface area (Å²) in [5, 5.41) is 1.88. The number of unbranched alkanes of at least 4 members (excludes halogenated alkanes) is 1. The summed E-state index contributed by atoms with van der Waals surface area (Å²) < 4.78 is 6.53. The van der Waals surface area contributed by atoms with Crippen LogP contribution < -0.4 is 5.56 Å². The van der Waals surface area contributed by atoms with E-state index in [-0.39, 0.29) is 35.3 Å². The molecule has 0 aliphatic rings. The molecule has 0 bridgehead atoms. The minimum absolute atomic E-state index is 0.00323. The van der Waals surface area contributed by atoms with Gasteiger partial charge in [0.1, 0.15) is 10.6 Å². The molecule has 118 valence electrons. The fourth-order valence-corrected chi connectivity index (χ4v) is 2.81. The van der Waals surface area contributed by atoms with Gasteiger partial charge in [0.05, 0.1) is 23.9 Å². The number of Topliss-reactive ketones (excluding diaryl/α,β-unsaturated/α-hetero) is 1. The van der Waals surface area contributed by atoms with Crippen LogP contribution in [0.4, 0.5) is 0 Å². The Bertz CT molecular complexity index is 748. The summed E-state index contributed by atoms with van der Waals surface area (Å²) in [6.07, 6.45) is 3.38. The minimum Gasteiger partial charge on any atom is -0.462 e. The van der Waals surface area contributed by atoms with E-state index in [4.69, 9.17) is 4.74 Å². The van der Waals surface area contributed by atoms with Gasteiger partial charge in [0.25, 0.3) is 5.56 Å². The predicted octanol–water partition coefficient (Wildman–Crippen LogP) is 2.39. The summed E-state index contributed by atoms with van der Waals surface area (Å²) in [5.74, 6) is -0.501. The van der Waals surface area contributed by atoms with Gasteiger partial charge in [0.15, 0.2) is 0 Å². The van der Waals surface area contributed by atoms with Crippen LogP contribution >= 0.6 is 11.3 Å². The van der Waals surface area contributed by atoms with Crippen molar-refractivity contribution in [3.63, 3.8) is 0 Å². The molecule has 7 heteroatoms. The quantitative estimate of drug-likeness (QED) is 0.578. The first-order valence-corrected chi connectivity index (χ1v) is 8.05. The van der Waals surface area contributed by atoms with E-state index >= 15 is 0 Å². The van der Waals surface area contributed by atoms with Crippen LogP contribution in [0.3, 0.4) is 0 Å². The van der Waals surface area contributed by atoms with Crippen molar-refractivity contribution in [3.05, 3.63) is 27.6 Å². The van der Waals surface area contributed by atoms with Gasteiger partial charge in [-0.25, -0.2) is 9.78 Å². The standard InChI is InChI=1S/C15H18N2O4S/c1-3-4-7-21-15(20)11-8-22-13-12(11)14(19)17(9-16-13)6-5-10(2)18/h8-9H,3-7H2,1-2H3. The van der Waals surface area contributed by atoms with Gasteiger partial charge in [-0.1, -0.05) is 13.3 Å². The second-order valence-corrected chi connectivity index (χ2v) is 5.87. The molecule has 0 fully saturated rings. The zero-order valence-electron chi connectivity index (χ0n) is 12.6. The Hall–Kier alpha value is -2.02. The van der Waals surface area contributed by atoms with Crippen molar-refractivity contribution >= 4 is 33.3 Å². The van der Waals surface area contributed by atoms with Crippen molar-refractivity contribution in [2.24, 2.45) is 0 Å². The van der Waals surface area contributed by atoms with Gasteiger partial charge in [0, 0.05) is 18.3 Å². The number of esters is 1. The maximum atomic E-state index is 12.5. The lowest BCUT2D eigenvalue weighted by Gasteiger charge is -2.05. The van der Waals surface area contributed by atoms with Crippen LogP contribution in [0.2, 0.25) is 0 Å². The van der Waals surface area contributed by atoms with Crippen LogP contribution in [0.25, 0.3) is 10.2 Å². The summed E-state index contributed by atoms with van der Waals surface area (Å²) >= 11 is 1.24. The van der Waals surface area contributed by atoms with Crippen LogP contribution in [0.5, 0.6) is 0 Å². The molecular weight excluding hydrogens is 304 g/mol. The topological polar surface area (TPSA) is 78.3 Å². The van der Waals surface area contributed by atoms with E-state index < -0.39 is 5.97 Å². The minimum atomic E-state index is -0.497. The number of hydrogen-bond acceptors (Lipinski definition) is 6. The molecule has 0 unspecified atom stereocenters. The van der Waals surface area contributed by atoms with Gasteiger partial charge in [-0.2, -0.15) is 0 Å². The van der Waals surface area contributed by atoms with E-state index in [0.29, 0.717) is 11.4 Å². The van der Waals surface area contributed by atoms with E-state index in [1.807, 2.05) is 6.92 Å². The Kier molecular flexibility index (Phi) is 5.43. The zero-order chi connectivity index (χ0) is 16.1. The van der Waals surface area contributed by atoms with Crippen LogP contribution in [0.1, 0.15) is 43.5 Å². The van der Waals surface area contributed by atoms with E-state index in [1.165, 1.54) is 29.2 Å². The van der Waals surface area contributed by atoms with Crippen LogP contribution in [-0.4, -0.2) is 27.9 Å². The average Bonchev–Trinajstić information content (AvgIpc) is 2.91. The molecule has 0 aromatic carbocycles. The number of aromatic nitrogens is 2. The molecule has 0 atom stereocenters. The SMILES string of the molecule is CCCCOC(=O)c1csc2ncn(CCC(C)=O)c(=O)c12. The molecule has 0 aliphatic carbocycles. The summed E-state index contributed by atoms with van der Waals surface area (Å²) in [4.78, 5) is 40.3. The number of nitrogens with zero attached hydrogens (tertiary/aromatic N) is 2. The summed E-state index contributed by atoms with van der Waals surface area (Å²) in [7, 11) is 0. The number of ether oxygens (including phenoxy) is 1. The molecule has 0 radical (unpaired) electrons. The van der Waals surface area contributed by atoms with Gasteiger partial charge in [-0.05, 0) is 13.3 Å². The lowest BCUT2D eigenvalue weighted by atomic mass is 10.2. The van der Waals surface area contributed by atoms with Gasteiger partial charge in [-0.3, -0.25) is 14.2 Å². The Morgan fingerprint density at radius 3 is 2.86 bits per heavy atom. The summed E-state index contributed by atoms with van der Waals surface area (Å²) in [5.41, 5.74) is -0.0549. The highest BCUT2D eigenvalue weighted by Crippen LogP contribution is 2.21. The highest BCUT2D eigenvalue weighted by Gasteiger charge is 2.18. The molecule has 0 spiro atoms. The number of carbonyl (C=O) groups is 2. The third-order valence-electron chi connectivity index (χ3n) is 3.22. The molecule has 2 aromatic rings. The molecule has 0 saturated carbocycles. The van der Waals surface area contributed by atoms with Crippen LogP contribution in [0.15, 0.2) is 16.5 Å². The Balaban J connectivity index is 2.32. The molecule has 22 heavy (non-hydrogen) atoms. The number of aryl methyl sites for hydroxylation is 1. The van der Waals surface area contributed by atoms with E-state index in [2.05, 4.69) is 4.98 Å². The number of hydrogen-bond donors (Lipinski definition) is 0. The monoisotopic (exact) mass is 322 g/mol. The number of carbonyl (C=O) groups excluding carboxylic acids is 2. The molecule has 2 rings (SSSR count). The lowest BCUT2D eigenvalue weighted by molar-refractivity contribution is -0.117. The highest BCUT2D eigenvalue weighted by molar-refractivity contribution is 7.17. The molecule has 0 saturated heterocycles. The van der Waals surface area contributed by atoms with Gasteiger partial charge in [-0.15, -0.1) is 11.3 Å². The van der Waals surface area contributed by atoms with E-state index in [0.717, 1.165) is 12.8 Å². The predicted molar refractivity (Wildman–Crippen MR) is 84.4 cm³/mol. The van der Waals surface area contributed by atoms with Crippen LogP contribution in [-0.2, 0) is 16.1 Å². The molecule has 6 nitrogen and oxygen atoms in total. The maximum Gasteiger partial charge on any atom is 0.339 e. The first-order chi connectivity index (χ1) is 10.5. The second-order valence-electron chi connectivity index (χ2n) is 5.01. The van der Waals surface area contributed by atoms with Crippen LogP contribution in [0, 0.1) is 0 Å². The second kappa shape index (κ2) is 7.31. The van der Waals surface area contributed by atoms with Crippen molar-refractivity contribution in [3.8, 4) is 0 Å². The van der Waals surface area contributed by atoms with Crippen molar-refractivity contribution in [1.29, 1.82) is 0 Å². The molecule has 2 heterocycles. The molecule has 2 aromatic heterocycles. The summed E-state index contributed by atoms with van der Waals surface area (Å²) in [6.45, 7) is 4.08. The van der Waals surface area contributed by atoms with Crippen molar-refractivity contribution < 1.29 is 14.3 Å². The number of thiophene rings is 1. The summed E-state index contributed by atoms with van der Waals surface area (Å²) in [6, 6.07) is 0. The molecule has 0 aliphatic heterocycles. The maximum absolute atomic E-state index is 12.5. The van der Waals surface area contributed by atoms with Crippen molar-refractivity contribution in [1.82, 2.24) is 9.55 Å². The number of rotatable bonds is 7. The molecule has 0 N–H and O–H groups in total. The van der Waals surface area contributed by atoms with Gasteiger partial charge in [0.2, 0.25) is 0 Å². The van der Waals surface area contributed by atoms with Gasteiger partial charge >= 0.3 is 5.97 Å². The van der Waals surface area contributed by atoms with Gasteiger partial charge < -0.3 is 4.74 Å². The first kappa shape index (κ1) is 16.4. The Morgan fingerprint density at radius 1 is 1.41 bits per heavy atom. The average molecular weight is 322 g/mol. The first-order valence-electron chi connectivity index (χ1n) is 7.17. The lowest BCUT2D eigenvalue weighted by Crippen LogP contribution is -2.22. The number of ketones is 1. The smallest absolute Gasteiger partial charge is 0.339 e. The Labute approximate surface area is 131 Å². The van der Waals surface area contributed by atoms with Crippen molar-refractivity contribution in [2.45, 2.75) is 39.7 Å². The fourth-order valence-electron chi connectivity index (χ4n) is 1.94. The zero-order valence-corrected chi connectivity index (χ0v) is 13.4. The largest absolute Gasteiger partial charge is 0.462 e. The molecule has 0 amide bonds. The van der Waals surface area contributed by atoms with E-state index in [1.54, 1.807) is 5.38 Å². The third kappa shape index (κ3) is 3.59. The highest BCUT2D eigenvalue weighted by atomic mass is 32.1. The third-order valence-corrected chi connectivity index (χ3v) is 4.10. The molecular formula is C15H18N2O4S. The number of fused-ring (bicyclic) bond motifs is 1. The Morgan fingerprint density at radius 2 is 2.18 bits per heavy atom.